The zero-order valence-corrected chi connectivity index (χ0v) is 16.6. The van der Waals surface area contributed by atoms with Crippen LogP contribution >= 0.6 is 23.2 Å². The van der Waals surface area contributed by atoms with Gasteiger partial charge in [-0.15, -0.1) is 0 Å². The number of halogens is 2. The molecule has 2 aromatic carbocycles. The van der Waals surface area contributed by atoms with E-state index in [4.69, 9.17) is 23.2 Å². The molecule has 3 amide bonds. The fraction of sp³-hybridized carbons (Fsp3) is 0.150. The third-order valence-corrected chi connectivity index (χ3v) is 4.52. The highest BCUT2D eigenvalue weighted by Gasteiger charge is 2.10. The number of hydrogen-bond acceptors (Lipinski definition) is 3. The largest absolute Gasteiger partial charge is 0.326 e. The third-order valence-electron chi connectivity index (χ3n) is 3.77. The Hall–Kier alpha value is -2.83. The van der Waals surface area contributed by atoms with E-state index in [1.54, 1.807) is 49.4 Å². The summed E-state index contributed by atoms with van der Waals surface area (Å²) < 4.78 is 0. The lowest BCUT2D eigenvalue weighted by atomic mass is 10.2. The van der Waals surface area contributed by atoms with E-state index in [-0.39, 0.29) is 18.7 Å². The number of carbonyl (C=O) groups is 3. The quantitative estimate of drug-likeness (QED) is 0.490. The van der Waals surface area contributed by atoms with Gasteiger partial charge in [0.2, 0.25) is 11.8 Å². The van der Waals surface area contributed by atoms with E-state index in [2.05, 4.69) is 16.2 Å². The van der Waals surface area contributed by atoms with Gasteiger partial charge < -0.3 is 5.32 Å². The molecule has 0 aromatic heterocycles. The van der Waals surface area contributed by atoms with Gasteiger partial charge in [-0.05, 0) is 42.3 Å². The molecule has 0 atom stereocenters. The molecule has 0 aliphatic rings. The molecule has 2 rings (SSSR count). The van der Waals surface area contributed by atoms with Crippen molar-refractivity contribution in [1.82, 2.24) is 10.9 Å². The second kappa shape index (κ2) is 10.5. The fourth-order valence-electron chi connectivity index (χ4n) is 2.19. The topological polar surface area (TPSA) is 87.3 Å². The molecular formula is C20H19Cl2N3O3. The van der Waals surface area contributed by atoms with Crippen LogP contribution in [0.25, 0.3) is 6.08 Å². The van der Waals surface area contributed by atoms with Gasteiger partial charge in [0, 0.05) is 34.7 Å². The summed E-state index contributed by atoms with van der Waals surface area (Å²) in [6.07, 6.45) is 2.66. The van der Waals surface area contributed by atoms with Crippen LogP contribution < -0.4 is 16.2 Å². The number of benzene rings is 2. The zero-order valence-electron chi connectivity index (χ0n) is 15.1. The van der Waals surface area contributed by atoms with Gasteiger partial charge in [-0.2, -0.15) is 0 Å². The molecule has 0 unspecified atom stereocenters. The second-order valence-corrected chi connectivity index (χ2v) is 6.67. The Morgan fingerprint density at radius 1 is 0.893 bits per heavy atom. The van der Waals surface area contributed by atoms with Crippen LogP contribution in [0.2, 0.25) is 10.0 Å². The lowest BCUT2D eigenvalue weighted by Gasteiger charge is -2.09. The van der Waals surface area contributed by atoms with Gasteiger partial charge in [-0.25, -0.2) is 0 Å². The van der Waals surface area contributed by atoms with Crippen molar-refractivity contribution in [3.8, 4) is 0 Å². The van der Waals surface area contributed by atoms with Crippen LogP contribution in [-0.4, -0.2) is 17.7 Å². The van der Waals surface area contributed by atoms with Crippen molar-refractivity contribution in [1.29, 1.82) is 0 Å². The van der Waals surface area contributed by atoms with Crippen LogP contribution in [0.1, 0.15) is 24.0 Å². The van der Waals surface area contributed by atoms with Crippen molar-refractivity contribution in [2.45, 2.75) is 19.8 Å². The molecule has 0 spiro atoms. The monoisotopic (exact) mass is 419 g/mol. The molecule has 8 heteroatoms. The summed E-state index contributed by atoms with van der Waals surface area (Å²) in [5.41, 5.74) is 6.52. The van der Waals surface area contributed by atoms with Crippen molar-refractivity contribution < 1.29 is 14.4 Å². The highest BCUT2D eigenvalue weighted by atomic mass is 35.5. The first-order valence-electron chi connectivity index (χ1n) is 8.43. The molecule has 0 saturated carbocycles. The average Bonchev–Trinajstić information content (AvgIpc) is 2.67. The van der Waals surface area contributed by atoms with Gasteiger partial charge in [0.1, 0.15) is 0 Å². The van der Waals surface area contributed by atoms with Crippen molar-refractivity contribution >= 4 is 52.7 Å². The summed E-state index contributed by atoms with van der Waals surface area (Å²) in [5.74, 6) is -1.34. The number of anilines is 1. The summed E-state index contributed by atoms with van der Waals surface area (Å²) in [5, 5.41) is 3.76. The van der Waals surface area contributed by atoms with Gasteiger partial charge in [0.05, 0.1) is 0 Å². The highest BCUT2D eigenvalue weighted by Crippen LogP contribution is 2.23. The minimum atomic E-state index is -0.521. The summed E-state index contributed by atoms with van der Waals surface area (Å²) in [4.78, 5) is 35.5. The Bertz CT molecular complexity index is 913. The van der Waals surface area contributed by atoms with Gasteiger partial charge in [-0.3, -0.25) is 25.2 Å². The van der Waals surface area contributed by atoms with Crippen LogP contribution in [0.15, 0.2) is 48.5 Å². The molecule has 0 aliphatic heterocycles. The molecule has 6 nitrogen and oxygen atoms in total. The van der Waals surface area contributed by atoms with Gasteiger partial charge in [-0.1, -0.05) is 47.5 Å². The lowest BCUT2D eigenvalue weighted by molar-refractivity contribution is -0.128. The Balaban J connectivity index is 1.73. The Kier molecular flexibility index (Phi) is 8.04. The summed E-state index contributed by atoms with van der Waals surface area (Å²) in [7, 11) is 0. The van der Waals surface area contributed by atoms with E-state index in [0.717, 1.165) is 5.56 Å². The van der Waals surface area contributed by atoms with Gasteiger partial charge in [0.15, 0.2) is 0 Å². The minimum Gasteiger partial charge on any atom is -0.326 e. The summed E-state index contributed by atoms with van der Waals surface area (Å²) in [6.45, 7) is 1.79. The maximum absolute atomic E-state index is 12.0. The van der Waals surface area contributed by atoms with Crippen molar-refractivity contribution in [3.05, 3.63) is 69.7 Å². The predicted molar refractivity (Wildman–Crippen MR) is 111 cm³/mol. The predicted octanol–water partition coefficient (Wildman–Crippen LogP) is 3.88. The van der Waals surface area contributed by atoms with E-state index in [9.17, 15) is 14.4 Å². The number of nitrogens with one attached hydrogen (secondary N) is 3. The van der Waals surface area contributed by atoms with Crippen LogP contribution in [0.3, 0.4) is 0 Å². The highest BCUT2D eigenvalue weighted by molar-refractivity contribution is 6.32. The molecule has 28 heavy (non-hydrogen) atoms. The van der Waals surface area contributed by atoms with Gasteiger partial charge in [0.25, 0.3) is 5.91 Å². The number of hydrogen-bond donors (Lipinski definition) is 3. The average molecular weight is 420 g/mol. The smallest absolute Gasteiger partial charge is 0.262 e. The van der Waals surface area contributed by atoms with E-state index in [1.807, 2.05) is 0 Å². The molecule has 0 bridgehead atoms. The van der Waals surface area contributed by atoms with E-state index < -0.39 is 11.8 Å². The van der Waals surface area contributed by atoms with Crippen LogP contribution in [0.5, 0.6) is 0 Å². The van der Waals surface area contributed by atoms with E-state index in [0.29, 0.717) is 21.3 Å². The number of amides is 3. The van der Waals surface area contributed by atoms with Gasteiger partial charge >= 0.3 is 0 Å². The van der Waals surface area contributed by atoms with Crippen LogP contribution in [0.4, 0.5) is 5.69 Å². The Labute approximate surface area is 172 Å². The maximum atomic E-state index is 12.0. The molecule has 2 aromatic rings. The SMILES string of the molecule is Cc1c(Cl)cccc1NC(=O)CCC(=O)NNC(=O)C=Cc1ccccc1Cl. The number of rotatable bonds is 6. The molecule has 0 heterocycles. The zero-order chi connectivity index (χ0) is 20.5. The normalized spacial score (nSPS) is 10.5. The molecule has 0 saturated heterocycles. The first kappa shape index (κ1) is 21.5. The first-order valence-corrected chi connectivity index (χ1v) is 9.19. The second-order valence-electron chi connectivity index (χ2n) is 5.85. The number of carbonyl (C=O) groups excluding carboxylic acids is 3. The molecule has 0 fully saturated rings. The van der Waals surface area contributed by atoms with Crippen molar-refractivity contribution in [3.63, 3.8) is 0 Å². The Morgan fingerprint density at radius 3 is 2.32 bits per heavy atom. The number of hydrazine groups is 1. The molecule has 0 aliphatic carbocycles. The molecule has 146 valence electrons. The molecular weight excluding hydrogens is 401 g/mol. The maximum Gasteiger partial charge on any atom is 0.262 e. The lowest BCUT2D eigenvalue weighted by Crippen LogP contribution is -2.41. The summed E-state index contributed by atoms with van der Waals surface area (Å²) >= 11 is 12.0. The van der Waals surface area contributed by atoms with Crippen LogP contribution in [0, 0.1) is 6.92 Å². The molecule has 3 N–H and O–H groups in total. The minimum absolute atomic E-state index is 0.0386. The van der Waals surface area contributed by atoms with E-state index in [1.165, 1.54) is 12.2 Å². The van der Waals surface area contributed by atoms with E-state index >= 15 is 0 Å². The summed E-state index contributed by atoms with van der Waals surface area (Å²) in [6, 6.07) is 12.2. The molecule has 0 radical (unpaired) electrons. The first-order chi connectivity index (χ1) is 13.4. The third kappa shape index (κ3) is 6.72. The van der Waals surface area contributed by atoms with Crippen molar-refractivity contribution in [2.24, 2.45) is 0 Å². The van der Waals surface area contributed by atoms with Crippen LogP contribution in [-0.2, 0) is 14.4 Å². The fourth-order valence-corrected chi connectivity index (χ4v) is 2.57. The standard InChI is InChI=1S/C20H19Cl2N3O3/c1-13-15(21)7-4-8-17(13)23-18(26)11-12-20(28)25-24-19(27)10-9-14-5-2-3-6-16(14)22/h2-10H,11-12H2,1H3,(H,23,26)(H,24,27)(H,25,28). The van der Waals surface area contributed by atoms with Crippen molar-refractivity contribution in [2.75, 3.05) is 5.32 Å². The Morgan fingerprint density at radius 2 is 1.57 bits per heavy atom.